The minimum absolute atomic E-state index is 0.138. The molecule has 6 nitrogen and oxygen atoms in total. The van der Waals surface area contributed by atoms with Gasteiger partial charge in [-0.25, -0.2) is 13.1 Å². The van der Waals surface area contributed by atoms with E-state index in [1.54, 1.807) is 23.9 Å². The van der Waals surface area contributed by atoms with Gasteiger partial charge in [-0.15, -0.1) is 0 Å². The van der Waals surface area contributed by atoms with Crippen molar-refractivity contribution in [2.24, 2.45) is 12.8 Å². The van der Waals surface area contributed by atoms with Crippen LogP contribution in [0.1, 0.15) is 26.5 Å². The van der Waals surface area contributed by atoms with Crippen LogP contribution in [0, 0.1) is 0 Å². The summed E-state index contributed by atoms with van der Waals surface area (Å²) in [5.74, 6) is 0. The first kappa shape index (κ1) is 17.2. The van der Waals surface area contributed by atoms with Crippen LogP contribution >= 0.6 is 0 Å². The Morgan fingerprint density at radius 3 is 2.45 bits per heavy atom. The molecule has 1 heterocycles. The van der Waals surface area contributed by atoms with E-state index in [2.05, 4.69) is 23.5 Å². The van der Waals surface area contributed by atoms with Gasteiger partial charge >= 0.3 is 0 Å². The van der Waals surface area contributed by atoms with Crippen molar-refractivity contribution in [2.45, 2.75) is 38.3 Å². The van der Waals surface area contributed by atoms with E-state index in [1.165, 1.54) is 0 Å². The van der Waals surface area contributed by atoms with Crippen molar-refractivity contribution < 1.29 is 8.42 Å². The quantitative estimate of drug-likeness (QED) is 0.732. The summed E-state index contributed by atoms with van der Waals surface area (Å²) in [6.07, 6.45) is 1.59. The van der Waals surface area contributed by atoms with Crippen LogP contribution in [0.2, 0.25) is 0 Å². The zero-order chi connectivity index (χ0) is 15.3. The summed E-state index contributed by atoms with van der Waals surface area (Å²) in [6, 6.07) is 1.48. The van der Waals surface area contributed by atoms with Crippen LogP contribution < -0.4 is 10.5 Å². The third kappa shape index (κ3) is 4.31. The summed E-state index contributed by atoms with van der Waals surface area (Å²) in [4.78, 5) is 2.45. The molecule has 0 aliphatic carbocycles. The highest BCUT2D eigenvalue weighted by Gasteiger charge is 2.20. The van der Waals surface area contributed by atoms with Crippen molar-refractivity contribution in [1.29, 1.82) is 0 Å². The van der Waals surface area contributed by atoms with Crippen LogP contribution in [-0.4, -0.2) is 43.6 Å². The summed E-state index contributed by atoms with van der Waals surface area (Å²) in [7, 11) is -1.69. The minimum Gasteiger partial charge on any atom is -0.352 e. The second-order valence-electron chi connectivity index (χ2n) is 4.99. The normalized spacial score (nSPS) is 13.9. The molecule has 1 atom stereocenters. The summed E-state index contributed by atoms with van der Waals surface area (Å²) in [5.41, 5.74) is 6.36. The Hall–Kier alpha value is -0.890. The fraction of sp³-hybridized carbons (Fsp3) is 0.692. The summed E-state index contributed by atoms with van der Waals surface area (Å²) >= 11 is 0. The molecule has 0 bridgehead atoms. The maximum Gasteiger partial charge on any atom is 0.242 e. The molecule has 0 aromatic carbocycles. The number of likely N-dealkylation sites (N-methyl/N-ethyl adjacent to an activating group) is 1. The van der Waals surface area contributed by atoms with Crippen LogP contribution in [0.3, 0.4) is 0 Å². The number of hydrogen-bond donors (Lipinski definition) is 2. The molecular weight excluding hydrogens is 276 g/mol. The first-order valence-electron chi connectivity index (χ1n) is 6.94. The molecule has 3 N–H and O–H groups in total. The van der Waals surface area contributed by atoms with Crippen LogP contribution in [0.4, 0.5) is 0 Å². The van der Waals surface area contributed by atoms with E-state index in [9.17, 15) is 8.42 Å². The Kier molecular flexibility index (Phi) is 6.19. The van der Waals surface area contributed by atoms with Gasteiger partial charge in [0.05, 0.1) is 4.90 Å². The molecule has 0 aliphatic rings. The van der Waals surface area contributed by atoms with Gasteiger partial charge in [0.25, 0.3) is 0 Å². The standard InChI is InChI=1S/C13H26N4O2S/c1-5-17(6-2)9-11(3)15-20(18,19)13-7-12(8-14)16(4)10-13/h7,10-11,15H,5-6,8-9,14H2,1-4H3. The molecule has 0 saturated heterocycles. The molecule has 7 heteroatoms. The van der Waals surface area contributed by atoms with Gasteiger partial charge in [0.2, 0.25) is 10.0 Å². The summed E-state index contributed by atoms with van der Waals surface area (Å²) in [5, 5.41) is 0. The molecule has 0 saturated carbocycles. The third-order valence-corrected chi connectivity index (χ3v) is 4.94. The SMILES string of the molecule is CCN(CC)CC(C)NS(=O)(=O)c1cc(CN)n(C)c1. The Bertz CT molecular complexity index is 520. The van der Waals surface area contributed by atoms with E-state index < -0.39 is 10.0 Å². The highest BCUT2D eigenvalue weighted by atomic mass is 32.2. The number of sulfonamides is 1. The Balaban J connectivity index is 2.78. The van der Waals surface area contributed by atoms with E-state index in [-0.39, 0.29) is 10.9 Å². The average Bonchev–Trinajstić information content (AvgIpc) is 2.77. The van der Waals surface area contributed by atoms with E-state index in [4.69, 9.17) is 5.73 Å². The van der Waals surface area contributed by atoms with Gasteiger partial charge in [0.1, 0.15) is 0 Å². The molecule has 1 unspecified atom stereocenters. The van der Waals surface area contributed by atoms with Gasteiger partial charge in [0.15, 0.2) is 0 Å². The largest absolute Gasteiger partial charge is 0.352 e. The molecule has 0 aliphatic heterocycles. The molecule has 20 heavy (non-hydrogen) atoms. The first-order valence-corrected chi connectivity index (χ1v) is 8.42. The van der Waals surface area contributed by atoms with Gasteiger partial charge in [-0.1, -0.05) is 13.8 Å². The maximum atomic E-state index is 12.3. The first-order chi connectivity index (χ1) is 9.33. The molecule has 116 valence electrons. The molecule has 1 aromatic rings. The van der Waals surface area contributed by atoms with E-state index in [0.717, 1.165) is 18.8 Å². The van der Waals surface area contributed by atoms with Crippen molar-refractivity contribution in [3.8, 4) is 0 Å². The summed E-state index contributed by atoms with van der Waals surface area (Å²) in [6.45, 7) is 8.84. The third-order valence-electron chi connectivity index (χ3n) is 3.39. The second-order valence-corrected chi connectivity index (χ2v) is 6.70. The lowest BCUT2D eigenvalue weighted by Crippen LogP contribution is -2.41. The fourth-order valence-electron chi connectivity index (χ4n) is 2.17. The van der Waals surface area contributed by atoms with Crippen LogP contribution in [-0.2, 0) is 23.6 Å². The lowest BCUT2D eigenvalue weighted by Gasteiger charge is -2.23. The summed E-state index contributed by atoms with van der Waals surface area (Å²) < 4.78 is 29.0. The predicted octanol–water partition coefficient (Wildman–Crippen LogP) is 0.492. The predicted molar refractivity (Wildman–Crippen MR) is 80.9 cm³/mol. The van der Waals surface area contributed by atoms with Gasteiger partial charge in [-0.05, 0) is 26.1 Å². The number of nitrogens with zero attached hydrogens (tertiary/aromatic N) is 2. The molecular formula is C13H26N4O2S. The highest BCUT2D eigenvalue weighted by molar-refractivity contribution is 7.89. The smallest absolute Gasteiger partial charge is 0.242 e. The second kappa shape index (κ2) is 7.21. The molecule has 0 radical (unpaired) electrons. The average molecular weight is 302 g/mol. The number of nitrogens with one attached hydrogen (secondary N) is 1. The molecule has 1 aromatic heterocycles. The van der Waals surface area contributed by atoms with Gasteiger partial charge in [0, 0.05) is 38.1 Å². The monoisotopic (exact) mass is 302 g/mol. The maximum absolute atomic E-state index is 12.3. The van der Waals surface area contributed by atoms with Crippen molar-refractivity contribution in [3.05, 3.63) is 18.0 Å². The van der Waals surface area contributed by atoms with Gasteiger partial charge in [-0.2, -0.15) is 0 Å². The highest BCUT2D eigenvalue weighted by Crippen LogP contribution is 2.13. The van der Waals surface area contributed by atoms with Crippen molar-refractivity contribution >= 4 is 10.0 Å². The number of aryl methyl sites for hydroxylation is 1. The van der Waals surface area contributed by atoms with Crippen molar-refractivity contribution in [2.75, 3.05) is 19.6 Å². The van der Waals surface area contributed by atoms with E-state index >= 15 is 0 Å². The Morgan fingerprint density at radius 2 is 2.00 bits per heavy atom. The van der Waals surface area contributed by atoms with Crippen LogP contribution in [0.5, 0.6) is 0 Å². The number of hydrogen-bond acceptors (Lipinski definition) is 4. The van der Waals surface area contributed by atoms with Crippen LogP contribution in [0.25, 0.3) is 0 Å². The lowest BCUT2D eigenvalue weighted by atomic mass is 10.3. The van der Waals surface area contributed by atoms with Crippen molar-refractivity contribution in [3.63, 3.8) is 0 Å². The lowest BCUT2D eigenvalue weighted by molar-refractivity contribution is 0.282. The molecule has 0 fully saturated rings. The molecule has 0 spiro atoms. The number of nitrogens with two attached hydrogens (primary N) is 1. The van der Waals surface area contributed by atoms with Crippen LogP contribution in [0.15, 0.2) is 17.2 Å². The number of aromatic nitrogens is 1. The molecule has 1 rings (SSSR count). The van der Waals surface area contributed by atoms with E-state index in [1.807, 2.05) is 6.92 Å². The van der Waals surface area contributed by atoms with E-state index in [0.29, 0.717) is 13.1 Å². The van der Waals surface area contributed by atoms with Crippen molar-refractivity contribution in [1.82, 2.24) is 14.2 Å². The Labute approximate surface area is 122 Å². The molecule has 0 amide bonds. The van der Waals surface area contributed by atoms with Gasteiger partial charge in [-0.3, -0.25) is 0 Å². The fourth-order valence-corrected chi connectivity index (χ4v) is 3.49. The van der Waals surface area contributed by atoms with Gasteiger partial charge < -0.3 is 15.2 Å². The number of rotatable bonds is 8. The Morgan fingerprint density at radius 1 is 1.40 bits per heavy atom. The zero-order valence-electron chi connectivity index (χ0n) is 12.8. The topological polar surface area (TPSA) is 80.4 Å². The zero-order valence-corrected chi connectivity index (χ0v) is 13.6. The minimum atomic E-state index is -3.49.